The number of thioether (sulfide) groups is 1. The molecular weight excluding hydrogens is 326 g/mol. The van der Waals surface area contributed by atoms with E-state index in [2.05, 4.69) is 16.8 Å². The van der Waals surface area contributed by atoms with Gasteiger partial charge in [-0.3, -0.25) is 4.79 Å². The number of amides is 1. The van der Waals surface area contributed by atoms with Crippen molar-refractivity contribution in [1.29, 1.82) is 0 Å². The van der Waals surface area contributed by atoms with Crippen LogP contribution in [-0.4, -0.2) is 60.9 Å². The summed E-state index contributed by atoms with van der Waals surface area (Å²) in [5.41, 5.74) is 0.803. The van der Waals surface area contributed by atoms with Gasteiger partial charge in [0.05, 0.1) is 44.7 Å². The van der Waals surface area contributed by atoms with Gasteiger partial charge in [0.1, 0.15) is 0 Å². The van der Waals surface area contributed by atoms with E-state index in [-0.39, 0.29) is 11.7 Å². The van der Waals surface area contributed by atoms with Gasteiger partial charge in [0.2, 0.25) is 0 Å². The molecule has 0 atom stereocenters. The Labute approximate surface area is 145 Å². The summed E-state index contributed by atoms with van der Waals surface area (Å²) in [7, 11) is 1.50. The number of rotatable bonds is 3. The van der Waals surface area contributed by atoms with Crippen LogP contribution in [0.2, 0.25) is 0 Å². The van der Waals surface area contributed by atoms with Crippen LogP contribution in [0, 0.1) is 0 Å². The van der Waals surface area contributed by atoms with Gasteiger partial charge in [-0.25, -0.2) is 0 Å². The minimum Gasteiger partial charge on any atom is -0.504 e. The molecule has 0 aliphatic carbocycles. The largest absolute Gasteiger partial charge is 0.504 e. The van der Waals surface area contributed by atoms with Crippen molar-refractivity contribution in [1.82, 2.24) is 4.90 Å². The van der Waals surface area contributed by atoms with E-state index < -0.39 is 0 Å². The second kappa shape index (κ2) is 7.27. The molecule has 1 aromatic carbocycles. The van der Waals surface area contributed by atoms with Crippen molar-refractivity contribution in [3.63, 3.8) is 0 Å². The Morgan fingerprint density at radius 3 is 2.83 bits per heavy atom. The maximum absolute atomic E-state index is 12.2. The molecule has 0 spiro atoms. The van der Waals surface area contributed by atoms with Gasteiger partial charge in [0, 0.05) is 0 Å². The third-order valence-corrected chi connectivity index (χ3v) is 5.40. The molecule has 1 fully saturated rings. The maximum Gasteiger partial charge on any atom is 0.286 e. The Kier molecular flexibility index (Phi) is 5.11. The van der Waals surface area contributed by atoms with E-state index in [1.54, 1.807) is 29.2 Å². The van der Waals surface area contributed by atoms with Crippen LogP contribution in [0.3, 0.4) is 0 Å². The molecule has 0 aromatic heterocycles. The van der Waals surface area contributed by atoms with Crippen LogP contribution < -0.4 is 9.64 Å². The van der Waals surface area contributed by atoms with Crippen LogP contribution in [-0.2, 0) is 4.79 Å². The molecule has 2 aliphatic heterocycles. The summed E-state index contributed by atoms with van der Waals surface area (Å²) < 4.78 is 5.10. The zero-order valence-electron chi connectivity index (χ0n) is 13.9. The van der Waals surface area contributed by atoms with E-state index in [9.17, 15) is 9.90 Å². The van der Waals surface area contributed by atoms with Crippen molar-refractivity contribution in [2.75, 3.05) is 39.8 Å². The molecule has 6 nitrogen and oxygen atoms in total. The average Bonchev–Trinajstić information content (AvgIpc) is 2.97. The zero-order chi connectivity index (χ0) is 17.1. The van der Waals surface area contributed by atoms with E-state index in [1.807, 2.05) is 0 Å². The molecule has 2 heterocycles. The molecule has 3 rings (SSSR count). The number of hydrogen-bond donors (Lipinski definition) is 2. The number of ether oxygens (including phenoxy) is 1. The number of phenolic OH excluding ortho intramolecular Hbond substituents is 1. The number of phenols is 1. The Hall–Kier alpha value is -1.99. The number of piperazine rings is 1. The standard InChI is InChI=1S/C17H21N3O3S/c1-3-19-6-8-20(9-7-19)17-18-16(22)15(24-17)11-12-4-5-13(21)14(10-12)23-2/h4-5,10-11,21H,3,6-9H2,1-2H3/p+1/b15-11+. The number of likely N-dealkylation sites (N-methyl/N-ethyl adjacent to an activating group) is 1. The lowest BCUT2D eigenvalue weighted by molar-refractivity contribution is -0.902. The Morgan fingerprint density at radius 1 is 1.42 bits per heavy atom. The first kappa shape index (κ1) is 16.9. The fourth-order valence-corrected chi connectivity index (χ4v) is 3.80. The van der Waals surface area contributed by atoms with Crippen LogP contribution in [0.4, 0.5) is 0 Å². The topological polar surface area (TPSA) is 66.6 Å². The first-order valence-corrected chi connectivity index (χ1v) is 8.90. The van der Waals surface area contributed by atoms with E-state index >= 15 is 0 Å². The lowest BCUT2D eigenvalue weighted by Gasteiger charge is -2.32. The van der Waals surface area contributed by atoms with Gasteiger partial charge >= 0.3 is 0 Å². The summed E-state index contributed by atoms with van der Waals surface area (Å²) in [5.74, 6) is 0.269. The number of nitrogens with zero attached hydrogens (tertiary/aromatic N) is 2. The van der Waals surface area contributed by atoms with Crippen LogP contribution in [0.25, 0.3) is 6.08 Å². The SMILES string of the molecule is CC[NH+]1CCN(C2=NC(=O)/C(=C\c3ccc(O)c(OC)c3)S2)CC1. The predicted octanol–water partition coefficient (Wildman–Crippen LogP) is 0.592. The summed E-state index contributed by atoms with van der Waals surface area (Å²) in [6.45, 7) is 7.37. The number of carbonyl (C=O) groups excluding carboxylic acids is 1. The minimum atomic E-state index is -0.202. The van der Waals surface area contributed by atoms with E-state index in [4.69, 9.17) is 4.74 Å². The highest BCUT2D eigenvalue weighted by Crippen LogP contribution is 2.32. The number of nitrogens with one attached hydrogen (secondary N) is 1. The number of carbonyl (C=O) groups is 1. The first-order chi connectivity index (χ1) is 11.6. The van der Waals surface area contributed by atoms with Gasteiger partial charge in [0.25, 0.3) is 5.91 Å². The van der Waals surface area contributed by atoms with Gasteiger partial charge in [-0.1, -0.05) is 6.07 Å². The summed E-state index contributed by atoms with van der Waals surface area (Å²) in [6, 6.07) is 5.02. The monoisotopic (exact) mass is 348 g/mol. The molecule has 1 aromatic rings. The van der Waals surface area contributed by atoms with Crippen molar-refractivity contribution < 1.29 is 19.5 Å². The molecule has 24 heavy (non-hydrogen) atoms. The minimum absolute atomic E-state index is 0.0817. The smallest absolute Gasteiger partial charge is 0.286 e. The van der Waals surface area contributed by atoms with Gasteiger partial charge in [-0.15, -0.1) is 0 Å². The Balaban J connectivity index is 1.71. The maximum atomic E-state index is 12.2. The second-order valence-corrected chi connectivity index (χ2v) is 6.84. The fraction of sp³-hybridized carbons (Fsp3) is 0.412. The molecule has 2 N–H and O–H groups in total. The number of hydrogen-bond acceptors (Lipinski definition) is 5. The highest BCUT2D eigenvalue weighted by molar-refractivity contribution is 8.18. The van der Waals surface area contributed by atoms with Gasteiger partial charge < -0.3 is 19.6 Å². The van der Waals surface area contributed by atoms with Crippen molar-refractivity contribution in [3.8, 4) is 11.5 Å². The third kappa shape index (κ3) is 3.57. The molecule has 128 valence electrons. The fourth-order valence-electron chi connectivity index (χ4n) is 2.84. The van der Waals surface area contributed by atoms with Gasteiger partial charge in [-0.05, 0) is 42.5 Å². The molecule has 7 heteroatoms. The summed E-state index contributed by atoms with van der Waals surface area (Å²) in [6.07, 6.45) is 1.79. The average molecular weight is 348 g/mol. The van der Waals surface area contributed by atoms with Crippen LogP contribution in [0.5, 0.6) is 11.5 Å². The summed E-state index contributed by atoms with van der Waals surface area (Å²) in [5, 5.41) is 10.5. The lowest BCUT2D eigenvalue weighted by Crippen LogP contribution is -3.14. The summed E-state index contributed by atoms with van der Waals surface area (Å²) in [4.78, 5) is 20.8. The molecular formula is C17H22N3O3S+. The second-order valence-electron chi connectivity index (χ2n) is 5.83. The normalized spacial score (nSPS) is 20.6. The number of aliphatic imine (C=N–C) groups is 1. The highest BCUT2D eigenvalue weighted by Gasteiger charge is 2.29. The van der Waals surface area contributed by atoms with Crippen molar-refractivity contribution in [3.05, 3.63) is 28.7 Å². The van der Waals surface area contributed by atoms with E-state index in [1.165, 1.54) is 18.9 Å². The lowest BCUT2D eigenvalue weighted by atomic mass is 10.2. The number of benzene rings is 1. The summed E-state index contributed by atoms with van der Waals surface area (Å²) >= 11 is 1.42. The number of quaternary nitrogens is 1. The molecule has 0 unspecified atom stereocenters. The Morgan fingerprint density at radius 2 is 2.17 bits per heavy atom. The van der Waals surface area contributed by atoms with Crippen LogP contribution in [0.1, 0.15) is 12.5 Å². The predicted molar refractivity (Wildman–Crippen MR) is 95.5 cm³/mol. The molecule has 2 aliphatic rings. The van der Waals surface area contributed by atoms with Crippen molar-refractivity contribution in [2.45, 2.75) is 6.92 Å². The Bertz CT molecular complexity index is 694. The van der Waals surface area contributed by atoms with Gasteiger partial charge in [0.15, 0.2) is 16.7 Å². The third-order valence-electron chi connectivity index (χ3n) is 4.35. The highest BCUT2D eigenvalue weighted by atomic mass is 32.2. The molecule has 0 saturated carbocycles. The van der Waals surface area contributed by atoms with Crippen LogP contribution in [0.15, 0.2) is 28.1 Å². The van der Waals surface area contributed by atoms with Gasteiger partial charge in [-0.2, -0.15) is 4.99 Å². The van der Waals surface area contributed by atoms with Crippen molar-refractivity contribution >= 4 is 28.9 Å². The molecule has 1 amide bonds. The zero-order valence-corrected chi connectivity index (χ0v) is 14.7. The quantitative estimate of drug-likeness (QED) is 0.783. The molecule has 0 radical (unpaired) electrons. The number of aromatic hydroxyl groups is 1. The van der Waals surface area contributed by atoms with E-state index in [0.29, 0.717) is 10.7 Å². The van der Waals surface area contributed by atoms with Crippen LogP contribution >= 0.6 is 11.8 Å². The molecule has 1 saturated heterocycles. The van der Waals surface area contributed by atoms with Crippen molar-refractivity contribution in [2.24, 2.45) is 4.99 Å². The number of amidine groups is 1. The first-order valence-electron chi connectivity index (χ1n) is 8.08. The number of methoxy groups -OCH3 is 1. The van der Waals surface area contributed by atoms with E-state index in [0.717, 1.165) is 43.5 Å². The molecule has 0 bridgehead atoms.